The Kier molecular flexibility index (Phi) is 3.78. The Morgan fingerprint density at radius 3 is 2.52 bits per heavy atom. The Morgan fingerprint density at radius 1 is 1.14 bits per heavy atom. The van der Waals surface area contributed by atoms with Gasteiger partial charge in [0, 0.05) is 6.07 Å². The topological polar surface area (TPSA) is 96.0 Å². The van der Waals surface area contributed by atoms with Gasteiger partial charge in [-0.3, -0.25) is 4.72 Å². The number of nitrogens with one attached hydrogen (secondary N) is 1. The van der Waals surface area contributed by atoms with Crippen molar-refractivity contribution in [1.82, 2.24) is 0 Å². The molecular formula is C13H9F2N3O2S. The van der Waals surface area contributed by atoms with Gasteiger partial charge in [-0.2, -0.15) is 5.26 Å². The normalized spacial score (nSPS) is 10.9. The summed E-state index contributed by atoms with van der Waals surface area (Å²) >= 11 is 0. The van der Waals surface area contributed by atoms with Crippen molar-refractivity contribution in [3.8, 4) is 6.07 Å². The number of nitriles is 1. The molecule has 0 saturated heterocycles. The summed E-state index contributed by atoms with van der Waals surface area (Å²) in [5, 5.41) is 8.75. The SMILES string of the molecule is N#Cc1cccc(S(=O)(=O)Nc2cc(N)c(F)cc2F)c1. The van der Waals surface area contributed by atoms with E-state index in [0.717, 1.165) is 12.1 Å². The van der Waals surface area contributed by atoms with Crippen LogP contribution in [0.15, 0.2) is 41.3 Å². The Bertz CT molecular complexity index is 845. The Hall–Kier alpha value is -2.66. The second-order valence-corrected chi connectivity index (χ2v) is 5.78. The Morgan fingerprint density at radius 2 is 1.86 bits per heavy atom. The van der Waals surface area contributed by atoms with Gasteiger partial charge in [-0.05, 0) is 24.3 Å². The number of hydrogen-bond acceptors (Lipinski definition) is 4. The highest BCUT2D eigenvalue weighted by atomic mass is 32.2. The van der Waals surface area contributed by atoms with Gasteiger partial charge in [0.05, 0.1) is 27.9 Å². The molecule has 108 valence electrons. The van der Waals surface area contributed by atoms with E-state index in [0.29, 0.717) is 6.07 Å². The van der Waals surface area contributed by atoms with Crippen LogP contribution < -0.4 is 10.5 Å². The molecule has 0 aromatic heterocycles. The monoisotopic (exact) mass is 309 g/mol. The van der Waals surface area contributed by atoms with Crippen LogP contribution in [0.4, 0.5) is 20.2 Å². The molecule has 2 aromatic carbocycles. The molecule has 0 heterocycles. The maximum absolute atomic E-state index is 13.5. The Labute approximate surface area is 119 Å². The van der Waals surface area contributed by atoms with E-state index in [1.165, 1.54) is 18.2 Å². The van der Waals surface area contributed by atoms with E-state index < -0.39 is 27.3 Å². The molecule has 0 saturated carbocycles. The first-order chi connectivity index (χ1) is 9.83. The lowest BCUT2D eigenvalue weighted by atomic mass is 10.2. The van der Waals surface area contributed by atoms with Crippen molar-refractivity contribution in [3.05, 3.63) is 53.6 Å². The lowest BCUT2D eigenvalue weighted by Gasteiger charge is -2.10. The molecule has 2 rings (SSSR count). The van der Waals surface area contributed by atoms with Gasteiger partial charge in [-0.15, -0.1) is 0 Å². The number of rotatable bonds is 3. The van der Waals surface area contributed by atoms with Crippen molar-refractivity contribution in [2.75, 3.05) is 10.5 Å². The molecule has 0 amide bonds. The summed E-state index contributed by atoms with van der Waals surface area (Å²) in [6.45, 7) is 0. The maximum Gasteiger partial charge on any atom is 0.262 e. The van der Waals surface area contributed by atoms with Crippen molar-refractivity contribution in [2.24, 2.45) is 0 Å². The van der Waals surface area contributed by atoms with Crippen LogP contribution in [-0.4, -0.2) is 8.42 Å². The lowest BCUT2D eigenvalue weighted by Crippen LogP contribution is -2.14. The van der Waals surface area contributed by atoms with Crippen molar-refractivity contribution >= 4 is 21.4 Å². The third-order valence-corrected chi connectivity index (χ3v) is 3.97. The number of halogens is 2. The Balaban J connectivity index is 2.42. The third-order valence-electron chi connectivity index (χ3n) is 2.60. The van der Waals surface area contributed by atoms with Crippen LogP contribution in [0.5, 0.6) is 0 Å². The van der Waals surface area contributed by atoms with Crippen LogP contribution in [0.25, 0.3) is 0 Å². The molecule has 5 nitrogen and oxygen atoms in total. The molecule has 0 atom stereocenters. The molecule has 0 aliphatic rings. The molecule has 8 heteroatoms. The predicted molar refractivity (Wildman–Crippen MR) is 72.7 cm³/mol. The number of sulfonamides is 1. The molecule has 0 unspecified atom stereocenters. The van der Waals surface area contributed by atoms with Crippen LogP contribution in [0.2, 0.25) is 0 Å². The van der Waals surface area contributed by atoms with Gasteiger partial charge in [0.2, 0.25) is 0 Å². The first kappa shape index (κ1) is 14.7. The highest BCUT2D eigenvalue weighted by Gasteiger charge is 2.18. The van der Waals surface area contributed by atoms with E-state index in [9.17, 15) is 17.2 Å². The largest absolute Gasteiger partial charge is 0.396 e. The number of nitrogen functional groups attached to an aromatic ring is 1. The van der Waals surface area contributed by atoms with Gasteiger partial charge in [0.15, 0.2) is 0 Å². The molecule has 0 radical (unpaired) electrons. The van der Waals surface area contributed by atoms with Crippen molar-refractivity contribution in [2.45, 2.75) is 4.90 Å². The van der Waals surface area contributed by atoms with Crippen LogP contribution in [-0.2, 0) is 10.0 Å². The minimum Gasteiger partial charge on any atom is -0.396 e. The summed E-state index contributed by atoms with van der Waals surface area (Å²) in [4.78, 5) is -0.219. The van der Waals surface area contributed by atoms with Crippen molar-refractivity contribution in [3.63, 3.8) is 0 Å². The van der Waals surface area contributed by atoms with Crippen LogP contribution in [0.1, 0.15) is 5.56 Å². The molecule has 0 fully saturated rings. The lowest BCUT2D eigenvalue weighted by molar-refractivity contribution is 0.585. The van der Waals surface area contributed by atoms with Crippen molar-refractivity contribution in [1.29, 1.82) is 5.26 Å². The van der Waals surface area contributed by atoms with Gasteiger partial charge in [0.25, 0.3) is 10.0 Å². The highest BCUT2D eigenvalue weighted by molar-refractivity contribution is 7.92. The molecule has 0 bridgehead atoms. The fourth-order valence-electron chi connectivity index (χ4n) is 1.58. The number of anilines is 2. The van der Waals surface area contributed by atoms with E-state index >= 15 is 0 Å². The molecule has 0 spiro atoms. The zero-order chi connectivity index (χ0) is 15.6. The second kappa shape index (κ2) is 5.38. The maximum atomic E-state index is 13.5. The van der Waals surface area contributed by atoms with Crippen LogP contribution >= 0.6 is 0 Å². The molecular weight excluding hydrogens is 300 g/mol. The summed E-state index contributed by atoms with van der Waals surface area (Å²) < 4.78 is 52.7. The minimum atomic E-state index is -4.12. The zero-order valence-corrected chi connectivity index (χ0v) is 11.3. The fraction of sp³-hybridized carbons (Fsp3) is 0. The molecule has 21 heavy (non-hydrogen) atoms. The van der Waals surface area contributed by atoms with Gasteiger partial charge in [0.1, 0.15) is 11.6 Å². The average molecular weight is 309 g/mol. The molecule has 0 aliphatic carbocycles. The van der Waals surface area contributed by atoms with E-state index in [2.05, 4.69) is 0 Å². The average Bonchev–Trinajstić information content (AvgIpc) is 2.44. The summed E-state index contributed by atoms with van der Waals surface area (Å²) in [6, 6.07) is 8.30. The van der Waals surface area contributed by atoms with E-state index in [1.54, 1.807) is 6.07 Å². The van der Waals surface area contributed by atoms with Gasteiger partial charge in [-0.1, -0.05) is 6.07 Å². The van der Waals surface area contributed by atoms with Gasteiger partial charge >= 0.3 is 0 Å². The smallest absolute Gasteiger partial charge is 0.262 e. The van der Waals surface area contributed by atoms with Crippen LogP contribution in [0.3, 0.4) is 0 Å². The third kappa shape index (κ3) is 3.09. The number of benzene rings is 2. The number of hydrogen-bond donors (Lipinski definition) is 2. The molecule has 0 aliphatic heterocycles. The standard InChI is InChI=1S/C13H9F2N3O2S/c14-10-5-11(15)13(6-12(10)17)18-21(19,20)9-3-1-2-8(4-9)7-16/h1-6,18H,17H2. The number of nitrogens with zero attached hydrogens (tertiary/aromatic N) is 1. The summed E-state index contributed by atoms with van der Waals surface area (Å²) in [6.07, 6.45) is 0. The zero-order valence-electron chi connectivity index (χ0n) is 10.5. The summed E-state index contributed by atoms with van der Waals surface area (Å²) in [5.74, 6) is -2.08. The highest BCUT2D eigenvalue weighted by Crippen LogP contribution is 2.24. The minimum absolute atomic E-state index is 0.136. The van der Waals surface area contributed by atoms with Crippen LogP contribution in [0, 0.1) is 23.0 Å². The van der Waals surface area contributed by atoms with Gasteiger partial charge in [-0.25, -0.2) is 17.2 Å². The molecule has 3 N–H and O–H groups in total. The fourth-order valence-corrected chi connectivity index (χ4v) is 2.68. The quantitative estimate of drug-likeness (QED) is 0.850. The second-order valence-electron chi connectivity index (χ2n) is 4.10. The summed E-state index contributed by atoms with van der Waals surface area (Å²) in [5.41, 5.74) is 4.54. The van der Waals surface area contributed by atoms with Crippen molar-refractivity contribution < 1.29 is 17.2 Å². The number of nitrogens with two attached hydrogens (primary N) is 1. The molecule has 2 aromatic rings. The van der Waals surface area contributed by atoms with E-state index in [1.807, 2.05) is 4.72 Å². The predicted octanol–water partition coefficient (Wildman–Crippen LogP) is 2.22. The van der Waals surface area contributed by atoms with E-state index in [4.69, 9.17) is 11.0 Å². The first-order valence-corrected chi connectivity index (χ1v) is 7.09. The van der Waals surface area contributed by atoms with Gasteiger partial charge < -0.3 is 5.73 Å². The van der Waals surface area contributed by atoms with E-state index in [-0.39, 0.29) is 16.1 Å². The summed E-state index contributed by atoms with van der Waals surface area (Å²) in [7, 11) is -4.12. The first-order valence-electron chi connectivity index (χ1n) is 5.61.